The number of nitrogens with one attached hydrogen (secondary N) is 1. The Bertz CT molecular complexity index is 596. The molecule has 7 heteroatoms. The van der Waals surface area contributed by atoms with Crippen LogP contribution >= 0.6 is 11.3 Å². The molecule has 0 aliphatic carbocycles. The van der Waals surface area contributed by atoms with Gasteiger partial charge in [-0.05, 0) is 12.1 Å². The predicted octanol–water partition coefficient (Wildman–Crippen LogP) is 1.75. The molecule has 0 saturated carbocycles. The third-order valence-electron chi connectivity index (χ3n) is 3.20. The van der Waals surface area contributed by atoms with E-state index in [0.29, 0.717) is 32.8 Å². The van der Waals surface area contributed by atoms with Crippen molar-refractivity contribution in [3.8, 4) is 11.3 Å². The summed E-state index contributed by atoms with van der Waals surface area (Å²) < 4.78 is 5.23. The average Bonchev–Trinajstić information content (AvgIpc) is 3.03. The zero-order chi connectivity index (χ0) is 14.5. The number of rotatable bonds is 3. The van der Waals surface area contributed by atoms with Gasteiger partial charge in [-0.15, -0.1) is 11.3 Å². The Morgan fingerprint density at radius 3 is 3.05 bits per heavy atom. The van der Waals surface area contributed by atoms with Gasteiger partial charge in [0.25, 0.3) is 0 Å². The molecule has 3 rings (SSSR count). The van der Waals surface area contributed by atoms with Gasteiger partial charge in [-0.25, -0.2) is 9.78 Å². The average molecular weight is 304 g/mol. The molecule has 1 fully saturated rings. The second-order valence-corrected chi connectivity index (χ2v) is 5.57. The Hall–Kier alpha value is -1.99. The summed E-state index contributed by atoms with van der Waals surface area (Å²) in [6.45, 7) is 2.95. The van der Waals surface area contributed by atoms with Gasteiger partial charge in [-0.3, -0.25) is 4.98 Å². The molecule has 1 aliphatic heterocycles. The fraction of sp³-hybridized carbons (Fsp3) is 0.357. The number of hydrogen-bond donors (Lipinski definition) is 1. The molecule has 21 heavy (non-hydrogen) atoms. The van der Waals surface area contributed by atoms with Crippen molar-refractivity contribution < 1.29 is 9.53 Å². The summed E-state index contributed by atoms with van der Waals surface area (Å²) in [6, 6.07) is 3.80. The van der Waals surface area contributed by atoms with Crippen molar-refractivity contribution in [2.24, 2.45) is 0 Å². The van der Waals surface area contributed by atoms with Crippen LogP contribution in [0.4, 0.5) is 4.79 Å². The number of pyridine rings is 1. The number of urea groups is 1. The lowest BCUT2D eigenvalue weighted by Gasteiger charge is -2.26. The van der Waals surface area contributed by atoms with Crippen LogP contribution in [0.1, 0.15) is 5.01 Å². The van der Waals surface area contributed by atoms with Gasteiger partial charge in [-0.2, -0.15) is 0 Å². The third-order valence-corrected chi connectivity index (χ3v) is 4.05. The van der Waals surface area contributed by atoms with Crippen LogP contribution in [0.5, 0.6) is 0 Å². The number of carbonyl (C=O) groups excluding carboxylic acids is 1. The largest absolute Gasteiger partial charge is 0.378 e. The molecular formula is C14H16N4O2S. The normalized spacial score (nSPS) is 15.0. The Morgan fingerprint density at radius 1 is 1.43 bits per heavy atom. The van der Waals surface area contributed by atoms with Crippen molar-refractivity contribution in [1.82, 2.24) is 20.2 Å². The maximum absolute atomic E-state index is 12.0. The molecule has 0 unspecified atom stereocenters. The van der Waals surface area contributed by atoms with Crippen LogP contribution in [0.3, 0.4) is 0 Å². The number of nitrogens with zero attached hydrogens (tertiary/aromatic N) is 3. The van der Waals surface area contributed by atoms with Gasteiger partial charge >= 0.3 is 6.03 Å². The van der Waals surface area contributed by atoms with Gasteiger partial charge in [0.15, 0.2) is 0 Å². The van der Waals surface area contributed by atoms with Gasteiger partial charge in [-0.1, -0.05) is 0 Å². The topological polar surface area (TPSA) is 67.4 Å². The molecule has 2 amide bonds. The molecule has 0 spiro atoms. The lowest BCUT2D eigenvalue weighted by atomic mass is 10.2. The van der Waals surface area contributed by atoms with Gasteiger partial charge in [0, 0.05) is 36.4 Å². The fourth-order valence-corrected chi connectivity index (χ4v) is 2.81. The zero-order valence-corrected chi connectivity index (χ0v) is 12.3. The molecule has 0 radical (unpaired) electrons. The number of ether oxygens (including phenoxy) is 1. The fourth-order valence-electron chi connectivity index (χ4n) is 2.07. The van der Waals surface area contributed by atoms with Crippen molar-refractivity contribution in [3.63, 3.8) is 0 Å². The smallest absolute Gasteiger partial charge is 0.317 e. The lowest BCUT2D eigenvalue weighted by molar-refractivity contribution is 0.0531. The van der Waals surface area contributed by atoms with Crippen molar-refractivity contribution in [3.05, 3.63) is 34.9 Å². The summed E-state index contributed by atoms with van der Waals surface area (Å²) in [7, 11) is 0. The highest BCUT2D eigenvalue weighted by Gasteiger charge is 2.16. The Kier molecular flexibility index (Phi) is 4.42. The van der Waals surface area contributed by atoms with Crippen molar-refractivity contribution >= 4 is 17.4 Å². The summed E-state index contributed by atoms with van der Waals surface area (Å²) in [6.07, 6.45) is 3.52. The standard InChI is InChI=1S/C14H16N4O2S/c19-14(18-4-6-20-7-5-18)16-9-13-17-12(10-21-13)11-2-1-3-15-8-11/h1-3,8,10H,4-7,9H2,(H,16,19). The minimum Gasteiger partial charge on any atom is -0.378 e. The van der Waals surface area contributed by atoms with E-state index in [1.54, 1.807) is 17.3 Å². The molecule has 0 bridgehead atoms. The number of carbonyl (C=O) groups is 1. The first-order valence-corrected chi connectivity index (χ1v) is 7.66. The van der Waals surface area contributed by atoms with Crippen LogP contribution < -0.4 is 5.32 Å². The maximum atomic E-state index is 12.0. The molecule has 2 aromatic heterocycles. The molecule has 1 N–H and O–H groups in total. The molecule has 3 heterocycles. The molecule has 0 atom stereocenters. The summed E-state index contributed by atoms with van der Waals surface area (Å²) in [5.41, 5.74) is 1.88. The number of aromatic nitrogens is 2. The number of thiazole rings is 1. The molecule has 0 aromatic carbocycles. The minimum absolute atomic E-state index is 0.0589. The predicted molar refractivity (Wildman–Crippen MR) is 80.0 cm³/mol. The second kappa shape index (κ2) is 6.64. The molecule has 1 saturated heterocycles. The van der Waals surface area contributed by atoms with Crippen LogP contribution in [0.25, 0.3) is 11.3 Å². The van der Waals surface area contributed by atoms with Crippen LogP contribution in [0, 0.1) is 0 Å². The van der Waals surface area contributed by atoms with Gasteiger partial charge in [0.1, 0.15) is 5.01 Å². The number of amides is 2. The van der Waals surface area contributed by atoms with Gasteiger partial charge in [0.2, 0.25) is 0 Å². The second-order valence-electron chi connectivity index (χ2n) is 4.63. The van der Waals surface area contributed by atoms with E-state index in [1.807, 2.05) is 17.5 Å². The Labute approximate surface area is 126 Å². The monoisotopic (exact) mass is 304 g/mol. The minimum atomic E-state index is -0.0589. The first-order valence-electron chi connectivity index (χ1n) is 6.78. The van der Waals surface area contributed by atoms with E-state index in [2.05, 4.69) is 15.3 Å². The molecule has 6 nitrogen and oxygen atoms in total. The van der Waals surface area contributed by atoms with Crippen molar-refractivity contribution in [2.45, 2.75) is 6.54 Å². The van der Waals surface area contributed by atoms with E-state index in [4.69, 9.17) is 4.74 Å². The third kappa shape index (κ3) is 3.56. The number of hydrogen-bond acceptors (Lipinski definition) is 5. The first kappa shape index (κ1) is 14.0. The van der Waals surface area contributed by atoms with E-state index in [1.165, 1.54) is 11.3 Å². The van der Waals surface area contributed by atoms with Crippen LogP contribution in [0.15, 0.2) is 29.9 Å². The van der Waals surface area contributed by atoms with E-state index >= 15 is 0 Å². The highest BCUT2D eigenvalue weighted by atomic mass is 32.1. The number of morpholine rings is 1. The highest BCUT2D eigenvalue weighted by molar-refractivity contribution is 7.09. The van der Waals surface area contributed by atoms with E-state index in [0.717, 1.165) is 16.3 Å². The summed E-state index contributed by atoms with van der Waals surface area (Å²) in [5, 5.41) is 5.76. The van der Waals surface area contributed by atoms with Gasteiger partial charge in [0.05, 0.1) is 25.5 Å². The summed E-state index contributed by atoms with van der Waals surface area (Å²) in [4.78, 5) is 22.3. The van der Waals surface area contributed by atoms with E-state index in [9.17, 15) is 4.79 Å². The lowest BCUT2D eigenvalue weighted by Crippen LogP contribution is -2.45. The summed E-state index contributed by atoms with van der Waals surface area (Å²) >= 11 is 1.54. The van der Waals surface area contributed by atoms with Crippen LogP contribution in [0.2, 0.25) is 0 Å². The summed E-state index contributed by atoms with van der Waals surface area (Å²) in [5.74, 6) is 0. The Morgan fingerprint density at radius 2 is 2.29 bits per heavy atom. The van der Waals surface area contributed by atoms with E-state index in [-0.39, 0.29) is 6.03 Å². The van der Waals surface area contributed by atoms with Crippen molar-refractivity contribution in [1.29, 1.82) is 0 Å². The highest BCUT2D eigenvalue weighted by Crippen LogP contribution is 2.20. The van der Waals surface area contributed by atoms with Crippen LogP contribution in [-0.4, -0.2) is 47.2 Å². The van der Waals surface area contributed by atoms with Crippen LogP contribution in [-0.2, 0) is 11.3 Å². The molecule has 110 valence electrons. The van der Waals surface area contributed by atoms with Gasteiger partial charge < -0.3 is 15.0 Å². The van der Waals surface area contributed by atoms with Crippen molar-refractivity contribution in [2.75, 3.05) is 26.3 Å². The zero-order valence-electron chi connectivity index (χ0n) is 11.5. The molecular weight excluding hydrogens is 288 g/mol. The Balaban J connectivity index is 1.56. The first-order chi connectivity index (χ1) is 10.3. The SMILES string of the molecule is O=C(NCc1nc(-c2cccnc2)cs1)N1CCOCC1. The molecule has 1 aliphatic rings. The molecule has 2 aromatic rings. The maximum Gasteiger partial charge on any atom is 0.317 e. The van der Waals surface area contributed by atoms with E-state index < -0.39 is 0 Å². The quantitative estimate of drug-likeness (QED) is 0.938.